The van der Waals surface area contributed by atoms with E-state index in [-0.39, 0.29) is 11.7 Å². The van der Waals surface area contributed by atoms with Crippen LogP contribution in [-0.2, 0) is 4.79 Å². The molecule has 120 valence electrons. The Balaban J connectivity index is 2.29. The molecule has 1 amide bonds. The standard InChI is InChI=1S/C17H24N2O3/c1-4-18(5-2)9-10-19-15-12-14(13(3)20)6-7-16(15)22-11-8-17(19)21/h6-7,12H,4-5,8-11H2,1-3H3. The molecule has 0 saturated heterocycles. The summed E-state index contributed by atoms with van der Waals surface area (Å²) in [5.74, 6) is 0.713. The normalized spacial score (nSPS) is 14.5. The highest BCUT2D eigenvalue weighted by Crippen LogP contribution is 2.32. The smallest absolute Gasteiger partial charge is 0.230 e. The van der Waals surface area contributed by atoms with E-state index in [1.807, 2.05) is 0 Å². The maximum Gasteiger partial charge on any atom is 0.230 e. The van der Waals surface area contributed by atoms with Gasteiger partial charge in [0.05, 0.1) is 18.7 Å². The molecule has 1 aliphatic rings. The highest BCUT2D eigenvalue weighted by atomic mass is 16.5. The average molecular weight is 304 g/mol. The molecule has 0 spiro atoms. The number of fused-ring (bicyclic) bond motifs is 1. The Labute approximate surface area is 131 Å². The van der Waals surface area contributed by atoms with E-state index in [1.54, 1.807) is 23.1 Å². The minimum absolute atomic E-state index is 0.0109. The van der Waals surface area contributed by atoms with Crippen molar-refractivity contribution in [3.8, 4) is 5.75 Å². The van der Waals surface area contributed by atoms with Crippen LogP contribution < -0.4 is 9.64 Å². The number of likely N-dealkylation sites (N-methyl/N-ethyl adjacent to an activating group) is 1. The molecular formula is C17H24N2O3. The maximum absolute atomic E-state index is 12.4. The van der Waals surface area contributed by atoms with E-state index in [1.165, 1.54) is 6.92 Å². The Bertz CT molecular complexity index is 553. The molecule has 0 N–H and O–H groups in total. The second-order valence-electron chi connectivity index (χ2n) is 5.41. The highest BCUT2D eigenvalue weighted by Gasteiger charge is 2.24. The molecule has 0 aliphatic carbocycles. The predicted octanol–water partition coefficient (Wildman–Crippen LogP) is 2.35. The first-order valence-electron chi connectivity index (χ1n) is 7.87. The van der Waals surface area contributed by atoms with Gasteiger partial charge in [-0.15, -0.1) is 0 Å². The zero-order valence-corrected chi connectivity index (χ0v) is 13.6. The van der Waals surface area contributed by atoms with Crippen LogP contribution in [0.15, 0.2) is 18.2 Å². The number of rotatable bonds is 6. The van der Waals surface area contributed by atoms with Gasteiger partial charge in [-0.3, -0.25) is 9.59 Å². The lowest BCUT2D eigenvalue weighted by atomic mass is 10.1. The molecule has 0 unspecified atom stereocenters. The first kappa shape index (κ1) is 16.5. The summed E-state index contributed by atoms with van der Waals surface area (Å²) in [4.78, 5) is 28.0. The summed E-state index contributed by atoms with van der Waals surface area (Å²) in [6.07, 6.45) is 0.363. The van der Waals surface area contributed by atoms with Gasteiger partial charge in [-0.25, -0.2) is 0 Å². The quantitative estimate of drug-likeness (QED) is 0.757. The lowest BCUT2D eigenvalue weighted by molar-refractivity contribution is -0.118. The van der Waals surface area contributed by atoms with Gasteiger partial charge < -0.3 is 14.5 Å². The summed E-state index contributed by atoms with van der Waals surface area (Å²) in [6.45, 7) is 9.46. The van der Waals surface area contributed by atoms with Gasteiger partial charge in [0.15, 0.2) is 5.78 Å². The Morgan fingerprint density at radius 2 is 2.05 bits per heavy atom. The van der Waals surface area contributed by atoms with Crippen molar-refractivity contribution in [1.82, 2.24) is 4.90 Å². The SMILES string of the molecule is CCN(CC)CCN1C(=O)CCOc2ccc(C(C)=O)cc21. The van der Waals surface area contributed by atoms with E-state index >= 15 is 0 Å². The Hall–Kier alpha value is -1.88. The predicted molar refractivity (Wildman–Crippen MR) is 86.7 cm³/mol. The van der Waals surface area contributed by atoms with Gasteiger partial charge in [0, 0.05) is 18.7 Å². The van der Waals surface area contributed by atoms with Crippen molar-refractivity contribution in [3.05, 3.63) is 23.8 Å². The van der Waals surface area contributed by atoms with Crippen LogP contribution in [0, 0.1) is 0 Å². The molecule has 0 atom stereocenters. The van der Waals surface area contributed by atoms with Crippen LogP contribution in [0.1, 0.15) is 37.6 Å². The van der Waals surface area contributed by atoms with Crippen molar-refractivity contribution in [2.24, 2.45) is 0 Å². The summed E-state index contributed by atoms with van der Waals surface area (Å²) in [5, 5.41) is 0. The number of carbonyl (C=O) groups is 2. The second-order valence-corrected chi connectivity index (χ2v) is 5.41. The van der Waals surface area contributed by atoms with Crippen molar-refractivity contribution in [1.29, 1.82) is 0 Å². The molecule has 1 aliphatic heterocycles. The number of hydrogen-bond acceptors (Lipinski definition) is 4. The lowest BCUT2D eigenvalue weighted by Gasteiger charge is -2.26. The molecular weight excluding hydrogens is 280 g/mol. The van der Waals surface area contributed by atoms with Gasteiger partial charge in [-0.1, -0.05) is 13.8 Å². The largest absolute Gasteiger partial charge is 0.491 e. The number of carbonyl (C=O) groups excluding carboxylic acids is 2. The van der Waals surface area contributed by atoms with Crippen molar-refractivity contribution < 1.29 is 14.3 Å². The molecule has 0 bridgehead atoms. The highest BCUT2D eigenvalue weighted by molar-refractivity contribution is 5.99. The number of Topliss-reactive ketones (excluding diaryl/α,β-unsaturated/α-hetero) is 1. The summed E-state index contributed by atoms with van der Waals surface area (Å²) >= 11 is 0. The Kier molecular flexibility index (Phi) is 5.55. The van der Waals surface area contributed by atoms with E-state index in [0.29, 0.717) is 36.6 Å². The third kappa shape index (κ3) is 3.65. The molecule has 5 nitrogen and oxygen atoms in total. The van der Waals surface area contributed by atoms with Gasteiger partial charge in [0.1, 0.15) is 5.75 Å². The van der Waals surface area contributed by atoms with Gasteiger partial charge in [-0.2, -0.15) is 0 Å². The minimum Gasteiger partial charge on any atom is -0.491 e. The fourth-order valence-electron chi connectivity index (χ4n) is 2.61. The maximum atomic E-state index is 12.4. The van der Waals surface area contributed by atoms with Crippen molar-refractivity contribution in [2.75, 3.05) is 37.7 Å². The Morgan fingerprint density at radius 3 is 2.68 bits per heavy atom. The number of nitrogens with zero attached hydrogens (tertiary/aromatic N) is 2. The third-order valence-corrected chi connectivity index (χ3v) is 4.07. The van der Waals surface area contributed by atoms with Crippen LogP contribution in [-0.4, -0.2) is 49.4 Å². The van der Waals surface area contributed by atoms with Crippen LogP contribution in [0.3, 0.4) is 0 Å². The summed E-state index contributed by atoms with van der Waals surface area (Å²) in [5.41, 5.74) is 1.31. The zero-order chi connectivity index (χ0) is 16.1. The second kappa shape index (κ2) is 7.40. The number of ketones is 1. The van der Waals surface area contributed by atoms with E-state index in [4.69, 9.17) is 4.74 Å². The van der Waals surface area contributed by atoms with Crippen LogP contribution in [0.4, 0.5) is 5.69 Å². The number of anilines is 1. The van der Waals surface area contributed by atoms with E-state index in [0.717, 1.165) is 19.6 Å². The zero-order valence-electron chi connectivity index (χ0n) is 13.6. The lowest BCUT2D eigenvalue weighted by Crippen LogP contribution is -2.38. The van der Waals surface area contributed by atoms with Gasteiger partial charge in [0.25, 0.3) is 0 Å². The number of hydrogen-bond donors (Lipinski definition) is 0. The molecule has 1 heterocycles. The van der Waals surface area contributed by atoms with Crippen molar-refractivity contribution in [3.63, 3.8) is 0 Å². The number of benzene rings is 1. The summed E-state index contributed by atoms with van der Waals surface area (Å²) < 4.78 is 5.66. The molecule has 1 aromatic rings. The summed E-state index contributed by atoms with van der Waals surface area (Å²) in [7, 11) is 0. The van der Waals surface area contributed by atoms with Crippen molar-refractivity contribution >= 4 is 17.4 Å². The fraction of sp³-hybridized carbons (Fsp3) is 0.529. The number of ether oxygens (including phenoxy) is 1. The first-order valence-corrected chi connectivity index (χ1v) is 7.87. The molecule has 22 heavy (non-hydrogen) atoms. The van der Waals surface area contributed by atoms with Crippen molar-refractivity contribution in [2.45, 2.75) is 27.2 Å². The molecule has 5 heteroatoms. The Morgan fingerprint density at radius 1 is 1.32 bits per heavy atom. The molecule has 0 radical (unpaired) electrons. The average Bonchev–Trinajstić information content (AvgIpc) is 2.66. The first-order chi connectivity index (χ1) is 10.6. The molecule has 2 rings (SSSR count). The molecule has 1 aromatic carbocycles. The monoisotopic (exact) mass is 304 g/mol. The van der Waals surface area contributed by atoms with Gasteiger partial charge in [0.2, 0.25) is 5.91 Å². The molecule has 0 aromatic heterocycles. The summed E-state index contributed by atoms with van der Waals surface area (Å²) in [6, 6.07) is 5.30. The molecule has 0 fully saturated rings. The fourth-order valence-corrected chi connectivity index (χ4v) is 2.61. The molecule has 0 saturated carbocycles. The van der Waals surface area contributed by atoms with Crippen LogP contribution in [0.25, 0.3) is 0 Å². The van der Waals surface area contributed by atoms with E-state index < -0.39 is 0 Å². The van der Waals surface area contributed by atoms with Crippen LogP contribution in [0.5, 0.6) is 5.75 Å². The van der Waals surface area contributed by atoms with Crippen LogP contribution >= 0.6 is 0 Å². The third-order valence-electron chi connectivity index (χ3n) is 4.07. The van der Waals surface area contributed by atoms with Gasteiger partial charge >= 0.3 is 0 Å². The van der Waals surface area contributed by atoms with Gasteiger partial charge in [-0.05, 0) is 38.2 Å². The van der Waals surface area contributed by atoms with E-state index in [9.17, 15) is 9.59 Å². The number of amides is 1. The van der Waals surface area contributed by atoms with Crippen LogP contribution in [0.2, 0.25) is 0 Å². The minimum atomic E-state index is -0.0109. The topological polar surface area (TPSA) is 49.9 Å². The van der Waals surface area contributed by atoms with E-state index in [2.05, 4.69) is 18.7 Å².